The van der Waals surface area contributed by atoms with Gasteiger partial charge in [-0.3, -0.25) is 0 Å². The summed E-state index contributed by atoms with van der Waals surface area (Å²) in [6.07, 6.45) is 0. The molecule has 2 aromatic rings. The molecule has 8 heteroatoms. The molecule has 118 valence electrons. The highest BCUT2D eigenvalue weighted by Gasteiger charge is 2.29. The summed E-state index contributed by atoms with van der Waals surface area (Å²) in [5.74, 6) is 0.164. The number of rotatable bonds is 4. The monoisotopic (exact) mass is 322 g/mol. The maximum Gasteiger partial charge on any atom is 0.300 e. The van der Waals surface area contributed by atoms with Crippen molar-refractivity contribution < 1.29 is 12.8 Å². The zero-order chi connectivity index (χ0) is 15.6. The summed E-state index contributed by atoms with van der Waals surface area (Å²) in [6.45, 7) is 3.10. The topological polar surface area (TPSA) is 87.5 Å². The number of anilines is 2. The molecule has 7 nitrogen and oxygen atoms in total. The highest BCUT2D eigenvalue weighted by atomic mass is 32.2. The summed E-state index contributed by atoms with van der Waals surface area (Å²) in [6, 6.07) is 8.57. The zero-order valence-corrected chi connectivity index (χ0v) is 13.1. The van der Waals surface area contributed by atoms with Crippen molar-refractivity contribution >= 4 is 21.7 Å². The van der Waals surface area contributed by atoms with Crippen LogP contribution in [0.3, 0.4) is 0 Å². The minimum absolute atomic E-state index is 0.0743. The molecule has 1 aliphatic rings. The molecule has 1 aliphatic heterocycles. The molecule has 1 aromatic carbocycles. The Kier molecular flexibility index (Phi) is 4.04. The van der Waals surface area contributed by atoms with Crippen molar-refractivity contribution in [3.8, 4) is 0 Å². The van der Waals surface area contributed by atoms with Gasteiger partial charge in [0.2, 0.25) is 20.7 Å². The van der Waals surface area contributed by atoms with E-state index in [9.17, 15) is 8.42 Å². The van der Waals surface area contributed by atoms with Crippen LogP contribution in [0.4, 0.5) is 11.9 Å². The molecule has 0 spiro atoms. The van der Waals surface area contributed by atoms with Gasteiger partial charge in [-0.25, -0.2) is 8.42 Å². The number of nitrogens with zero attached hydrogens (tertiary/aromatic N) is 2. The van der Waals surface area contributed by atoms with Crippen LogP contribution >= 0.6 is 0 Å². The van der Waals surface area contributed by atoms with Crippen molar-refractivity contribution in [2.24, 2.45) is 0 Å². The second-order valence-corrected chi connectivity index (χ2v) is 6.80. The molecule has 0 aliphatic carbocycles. The van der Waals surface area contributed by atoms with E-state index in [-0.39, 0.29) is 15.8 Å². The van der Waals surface area contributed by atoms with Crippen LogP contribution in [0, 0.1) is 0 Å². The van der Waals surface area contributed by atoms with Crippen LogP contribution in [0.2, 0.25) is 0 Å². The van der Waals surface area contributed by atoms with Crippen LogP contribution in [0.25, 0.3) is 0 Å². The fourth-order valence-corrected chi connectivity index (χ4v) is 3.66. The lowest BCUT2D eigenvalue weighted by molar-refractivity contribution is 0.506. The quantitative estimate of drug-likeness (QED) is 0.867. The number of hydrogen-bond acceptors (Lipinski definition) is 7. The highest BCUT2D eigenvalue weighted by Crippen LogP contribution is 2.31. The normalized spacial score (nSPS) is 15.8. The lowest BCUT2D eigenvalue weighted by Gasteiger charge is -2.25. The summed E-state index contributed by atoms with van der Waals surface area (Å²) in [5, 5.41) is 5.94. The van der Waals surface area contributed by atoms with Crippen molar-refractivity contribution in [3.63, 3.8) is 0 Å². The van der Waals surface area contributed by atoms with Crippen molar-refractivity contribution in [3.05, 3.63) is 30.3 Å². The standard InChI is InChI=1S/C14H18N4O3S/c1-15-12-13(22(19,20)11-5-3-2-4-6-11)17-14(21-12)18-9-7-16-8-10-18/h2-6,15-16H,7-10H2,1H3. The average molecular weight is 322 g/mol. The van der Waals surface area contributed by atoms with Crippen LogP contribution in [-0.2, 0) is 9.84 Å². The average Bonchev–Trinajstić information content (AvgIpc) is 3.02. The Labute approximate surface area is 129 Å². The summed E-state index contributed by atoms with van der Waals surface area (Å²) in [5.41, 5.74) is 0. The lowest BCUT2D eigenvalue weighted by Crippen LogP contribution is -2.43. The van der Waals surface area contributed by atoms with E-state index < -0.39 is 9.84 Å². The first kappa shape index (κ1) is 14.9. The van der Waals surface area contributed by atoms with Crippen LogP contribution in [0.1, 0.15) is 0 Å². The number of sulfone groups is 1. The van der Waals surface area contributed by atoms with Gasteiger partial charge in [0.1, 0.15) is 0 Å². The molecule has 1 saturated heterocycles. The molecule has 0 atom stereocenters. The van der Waals surface area contributed by atoms with Crippen molar-refractivity contribution in [1.82, 2.24) is 10.3 Å². The molecule has 2 heterocycles. The van der Waals surface area contributed by atoms with E-state index in [4.69, 9.17) is 4.42 Å². The zero-order valence-electron chi connectivity index (χ0n) is 12.2. The van der Waals surface area contributed by atoms with Gasteiger partial charge in [0.25, 0.3) is 0 Å². The Morgan fingerprint density at radius 1 is 1.23 bits per heavy atom. The SMILES string of the molecule is CNc1oc(N2CCNCC2)nc1S(=O)(=O)c1ccccc1. The number of oxazole rings is 1. The van der Waals surface area contributed by atoms with Crippen LogP contribution in [0.15, 0.2) is 44.7 Å². The van der Waals surface area contributed by atoms with Crippen molar-refractivity contribution in [2.75, 3.05) is 43.4 Å². The summed E-state index contributed by atoms with van der Waals surface area (Å²) in [4.78, 5) is 6.37. The van der Waals surface area contributed by atoms with Gasteiger partial charge < -0.3 is 20.0 Å². The molecule has 1 fully saturated rings. The Morgan fingerprint density at radius 3 is 2.55 bits per heavy atom. The van der Waals surface area contributed by atoms with Gasteiger partial charge in [-0.15, -0.1) is 0 Å². The van der Waals surface area contributed by atoms with Crippen molar-refractivity contribution in [1.29, 1.82) is 0 Å². The Bertz CT molecular complexity index is 737. The third-order valence-corrected chi connectivity index (χ3v) is 5.19. The van der Waals surface area contributed by atoms with E-state index >= 15 is 0 Å². The van der Waals surface area contributed by atoms with Gasteiger partial charge in [0.15, 0.2) is 0 Å². The van der Waals surface area contributed by atoms with E-state index in [1.165, 1.54) is 0 Å². The first-order valence-electron chi connectivity index (χ1n) is 7.07. The second kappa shape index (κ2) is 5.98. The minimum atomic E-state index is -3.71. The van der Waals surface area contributed by atoms with E-state index in [1.54, 1.807) is 37.4 Å². The van der Waals surface area contributed by atoms with Gasteiger partial charge in [-0.1, -0.05) is 18.2 Å². The minimum Gasteiger partial charge on any atom is -0.406 e. The smallest absolute Gasteiger partial charge is 0.300 e. The van der Waals surface area contributed by atoms with Gasteiger partial charge in [-0.05, 0) is 12.1 Å². The molecule has 0 unspecified atom stereocenters. The summed E-state index contributed by atoms with van der Waals surface area (Å²) >= 11 is 0. The predicted molar refractivity (Wildman–Crippen MR) is 83.0 cm³/mol. The molecule has 0 bridgehead atoms. The van der Waals surface area contributed by atoms with E-state index in [1.807, 2.05) is 4.90 Å². The Morgan fingerprint density at radius 2 is 1.91 bits per heavy atom. The maximum atomic E-state index is 12.7. The van der Waals surface area contributed by atoms with Crippen molar-refractivity contribution in [2.45, 2.75) is 9.92 Å². The molecule has 0 amide bonds. The molecule has 2 N–H and O–H groups in total. The summed E-state index contributed by atoms with van der Waals surface area (Å²) < 4.78 is 31.0. The first-order chi connectivity index (χ1) is 10.6. The third-order valence-electron chi connectivity index (χ3n) is 3.51. The number of aromatic nitrogens is 1. The Hall–Kier alpha value is -2.06. The predicted octanol–water partition coefficient (Wildman–Crippen LogP) is 0.959. The molecule has 1 aromatic heterocycles. The Balaban J connectivity index is 2.01. The van der Waals surface area contributed by atoms with Crippen LogP contribution in [0.5, 0.6) is 0 Å². The molecule has 22 heavy (non-hydrogen) atoms. The van der Waals surface area contributed by atoms with Crippen LogP contribution in [-0.4, -0.2) is 46.6 Å². The van der Waals surface area contributed by atoms with Gasteiger partial charge in [-0.2, -0.15) is 4.98 Å². The lowest BCUT2D eigenvalue weighted by atomic mass is 10.4. The number of hydrogen-bond donors (Lipinski definition) is 2. The highest BCUT2D eigenvalue weighted by molar-refractivity contribution is 7.91. The van der Waals surface area contributed by atoms with Crippen LogP contribution < -0.4 is 15.5 Å². The molecular weight excluding hydrogens is 304 g/mol. The molecular formula is C14H18N4O3S. The molecule has 3 rings (SSSR count). The summed E-state index contributed by atoms with van der Waals surface area (Å²) in [7, 11) is -2.09. The van der Waals surface area contributed by atoms with Gasteiger partial charge in [0, 0.05) is 33.2 Å². The van der Waals surface area contributed by atoms with Gasteiger partial charge >= 0.3 is 6.01 Å². The number of piperazine rings is 1. The van der Waals surface area contributed by atoms with E-state index in [0.717, 1.165) is 26.2 Å². The largest absolute Gasteiger partial charge is 0.406 e. The first-order valence-corrected chi connectivity index (χ1v) is 8.55. The number of nitrogens with one attached hydrogen (secondary N) is 2. The van der Waals surface area contributed by atoms with E-state index in [2.05, 4.69) is 15.6 Å². The number of benzene rings is 1. The maximum absolute atomic E-state index is 12.7. The third kappa shape index (κ3) is 2.67. The van der Waals surface area contributed by atoms with Gasteiger partial charge in [0.05, 0.1) is 4.90 Å². The molecule has 0 radical (unpaired) electrons. The fourth-order valence-electron chi connectivity index (χ4n) is 2.34. The molecule has 0 saturated carbocycles. The fraction of sp³-hybridized carbons (Fsp3) is 0.357. The second-order valence-electron chi connectivity index (χ2n) is 4.93. The van der Waals surface area contributed by atoms with E-state index in [0.29, 0.717) is 6.01 Å².